The lowest BCUT2D eigenvalue weighted by molar-refractivity contribution is 0.0279. The summed E-state index contributed by atoms with van der Waals surface area (Å²) in [6.45, 7) is 9.09. The van der Waals surface area contributed by atoms with Crippen LogP contribution in [0.5, 0.6) is 11.5 Å². The Bertz CT molecular complexity index is 1390. The molecule has 0 atom stereocenters. The number of hydrogen-bond acceptors (Lipinski definition) is 9. The summed E-state index contributed by atoms with van der Waals surface area (Å²) in [6, 6.07) is 13.8. The molecular weight excluding hydrogens is 560 g/mol. The Morgan fingerprint density at radius 2 is 1.45 bits per heavy atom. The van der Waals surface area contributed by atoms with Gasteiger partial charge in [-0.2, -0.15) is 13.5 Å². The van der Waals surface area contributed by atoms with Crippen LogP contribution < -0.4 is 15.0 Å². The quantitative estimate of drug-likeness (QED) is 0.187. The topological polar surface area (TPSA) is 115 Å². The van der Waals surface area contributed by atoms with E-state index in [0.717, 1.165) is 11.1 Å². The van der Waals surface area contributed by atoms with Crippen LogP contribution in [-0.4, -0.2) is 57.8 Å². The summed E-state index contributed by atoms with van der Waals surface area (Å²) in [4.78, 5) is 12.6. The summed E-state index contributed by atoms with van der Waals surface area (Å²) in [5.41, 5.74) is 0.948. The van der Waals surface area contributed by atoms with Crippen LogP contribution >= 0.6 is 11.6 Å². The summed E-state index contributed by atoms with van der Waals surface area (Å²) in [6.07, 6.45) is 1.45. The second-order valence-electron chi connectivity index (χ2n) is 9.81. The van der Waals surface area contributed by atoms with Gasteiger partial charge in [0.05, 0.1) is 49.7 Å². The van der Waals surface area contributed by atoms with Gasteiger partial charge in [0.15, 0.2) is 10.8 Å². The van der Waals surface area contributed by atoms with Crippen LogP contribution in [0, 0.1) is 6.92 Å². The summed E-state index contributed by atoms with van der Waals surface area (Å²) in [7, 11) is -3.79. The second kappa shape index (κ2) is 14.6. The van der Waals surface area contributed by atoms with Crippen molar-refractivity contribution in [3.05, 3.63) is 81.2 Å². The normalized spacial score (nSPS) is 11.9. The highest BCUT2D eigenvalue weighted by Crippen LogP contribution is 2.22. The van der Waals surface area contributed by atoms with E-state index in [1.165, 1.54) is 23.0 Å². The summed E-state index contributed by atoms with van der Waals surface area (Å²) in [5.74, 6) is 0.899. The lowest BCUT2D eigenvalue weighted by atomic mass is 10.1. The zero-order valence-corrected chi connectivity index (χ0v) is 24.7. The fourth-order valence-corrected chi connectivity index (χ4v) is 4.43. The van der Waals surface area contributed by atoms with Gasteiger partial charge in [-0.15, -0.1) is 0 Å². The molecule has 0 aliphatic rings. The van der Waals surface area contributed by atoms with Crippen LogP contribution in [0.25, 0.3) is 0 Å². The molecule has 0 spiro atoms. The minimum atomic E-state index is -3.79. The lowest BCUT2D eigenvalue weighted by Gasteiger charge is -2.21. The third-order valence-corrected chi connectivity index (χ3v) is 7.16. The SMILES string of the molecule is Cc1ccc(S(=O)(=O)OCCOCCOCCOc2ccc(COc3cnn(C(C)(C)C)c(=O)c3Cl)cc2)cc1. The highest BCUT2D eigenvalue weighted by Gasteiger charge is 2.20. The highest BCUT2D eigenvalue weighted by atomic mass is 35.5. The Kier molecular flexibility index (Phi) is 11.5. The van der Waals surface area contributed by atoms with Crippen molar-refractivity contribution in [2.45, 2.75) is 44.7 Å². The third kappa shape index (κ3) is 9.60. The van der Waals surface area contributed by atoms with Crippen LogP contribution in [0.3, 0.4) is 0 Å². The van der Waals surface area contributed by atoms with E-state index < -0.39 is 21.2 Å². The van der Waals surface area contributed by atoms with E-state index in [4.69, 9.17) is 34.7 Å². The van der Waals surface area contributed by atoms with E-state index in [9.17, 15) is 13.2 Å². The van der Waals surface area contributed by atoms with Crippen LogP contribution in [0.2, 0.25) is 5.02 Å². The smallest absolute Gasteiger partial charge is 0.297 e. The van der Waals surface area contributed by atoms with Crippen molar-refractivity contribution < 1.29 is 31.5 Å². The van der Waals surface area contributed by atoms with E-state index in [1.54, 1.807) is 12.1 Å². The predicted molar refractivity (Wildman–Crippen MR) is 151 cm³/mol. The van der Waals surface area contributed by atoms with Crippen molar-refractivity contribution in [3.63, 3.8) is 0 Å². The number of aryl methyl sites for hydroxylation is 1. The molecule has 10 nitrogen and oxygen atoms in total. The number of benzene rings is 2. The molecule has 218 valence electrons. The van der Waals surface area contributed by atoms with Gasteiger partial charge >= 0.3 is 0 Å². The molecule has 0 aliphatic heterocycles. The number of nitrogens with zero attached hydrogens (tertiary/aromatic N) is 2. The van der Waals surface area contributed by atoms with Crippen LogP contribution in [0.15, 0.2) is 64.4 Å². The van der Waals surface area contributed by atoms with Crippen molar-refractivity contribution in [2.75, 3.05) is 39.6 Å². The van der Waals surface area contributed by atoms with Crippen LogP contribution in [0.4, 0.5) is 0 Å². The molecule has 0 bridgehead atoms. The molecule has 40 heavy (non-hydrogen) atoms. The molecule has 1 aromatic heterocycles. The fraction of sp³-hybridized carbons (Fsp3) is 0.429. The molecule has 0 unspecified atom stereocenters. The molecule has 1 heterocycles. The highest BCUT2D eigenvalue weighted by molar-refractivity contribution is 7.86. The zero-order chi connectivity index (χ0) is 29.2. The minimum absolute atomic E-state index is 0.00493. The van der Waals surface area contributed by atoms with Gasteiger partial charge in [0.2, 0.25) is 0 Å². The van der Waals surface area contributed by atoms with Crippen molar-refractivity contribution in [3.8, 4) is 11.5 Å². The second-order valence-corrected chi connectivity index (χ2v) is 11.8. The molecular formula is C28H35ClN2O8S. The van der Waals surface area contributed by atoms with Gasteiger partial charge in [-0.05, 0) is 57.5 Å². The number of ether oxygens (including phenoxy) is 4. The summed E-state index contributed by atoms with van der Waals surface area (Å²) >= 11 is 6.20. The van der Waals surface area contributed by atoms with Gasteiger partial charge in [-0.1, -0.05) is 41.4 Å². The summed E-state index contributed by atoms with van der Waals surface area (Å²) < 4.78 is 52.7. The number of aromatic nitrogens is 2. The van der Waals surface area contributed by atoms with E-state index in [0.29, 0.717) is 32.2 Å². The van der Waals surface area contributed by atoms with Crippen molar-refractivity contribution >= 4 is 21.7 Å². The predicted octanol–water partition coefficient (Wildman–Crippen LogP) is 4.36. The molecule has 2 aromatic carbocycles. The average Bonchev–Trinajstić information content (AvgIpc) is 2.90. The molecule has 3 rings (SSSR count). The molecule has 0 aliphatic carbocycles. The maximum absolute atomic E-state index is 12.4. The molecule has 0 saturated carbocycles. The molecule has 0 saturated heterocycles. The Hall–Kier alpha value is -2.96. The molecule has 0 radical (unpaired) electrons. The number of hydrogen-bond donors (Lipinski definition) is 0. The molecule has 0 N–H and O–H groups in total. The monoisotopic (exact) mass is 594 g/mol. The standard InChI is InChI=1S/C28H35ClN2O8S/c1-21-5-11-24(12-6-21)40(33,34)39-18-16-36-14-13-35-15-17-37-23-9-7-22(8-10-23)20-38-25-19-30-31(28(2,3)4)27(32)26(25)29/h5-12,19H,13-18,20H2,1-4H3. The molecule has 3 aromatic rings. The van der Waals surface area contributed by atoms with E-state index >= 15 is 0 Å². The van der Waals surface area contributed by atoms with Gasteiger partial charge in [0, 0.05) is 0 Å². The van der Waals surface area contributed by atoms with Gasteiger partial charge in [-0.25, -0.2) is 4.68 Å². The Labute approximate surface area is 239 Å². The van der Waals surface area contributed by atoms with Gasteiger partial charge in [-0.3, -0.25) is 8.98 Å². The number of rotatable bonds is 15. The first-order valence-electron chi connectivity index (χ1n) is 12.7. The van der Waals surface area contributed by atoms with Crippen LogP contribution in [-0.2, 0) is 35.9 Å². The summed E-state index contributed by atoms with van der Waals surface area (Å²) in [5, 5.41) is 4.15. The maximum atomic E-state index is 12.4. The molecule has 12 heteroatoms. The van der Waals surface area contributed by atoms with Gasteiger partial charge in [0.25, 0.3) is 15.7 Å². The minimum Gasteiger partial charge on any atom is -0.491 e. The lowest BCUT2D eigenvalue weighted by Crippen LogP contribution is -2.36. The largest absolute Gasteiger partial charge is 0.491 e. The van der Waals surface area contributed by atoms with Crippen molar-refractivity contribution in [2.24, 2.45) is 0 Å². The third-order valence-electron chi connectivity index (χ3n) is 5.48. The maximum Gasteiger partial charge on any atom is 0.297 e. The van der Waals surface area contributed by atoms with Gasteiger partial charge < -0.3 is 18.9 Å². The number of halogens is 1. The van der Waals surface area contributed by atoms with Crippen LogP contribution in [0.1, 0.15) is 31.9 Å². The van der Waals surface area contributed by atoms with E-state index in [1.807, 2.05) is 52.0 Å². The first-order chi connectivity index (χ1) is 19.0. The molecule has 0 amide bonds. The average molecular weight is 595 g/mol. The first-order valence-corrected chi connectivity index (χ1v) is 14.5. The van der Waals surface area contributed by atoms with E-state index in [-0.39, 0.29) is 35.5 Å². The molecule has 0 fully saturated rings. The zero-order valence-electron chi connectivity index (χ0n) is 23.1. The first kappa shape index (κ1) is 31.6. The Morgan fingerprint density at radius 1 is 0.850 bits per heavy atom. The fourth-order valence-electron chi connectivity index (χ4n) is 3.36. The van der Waals surface area contributed by atoms with Gasteiger partial charge in [0.1, 0.15) is 19.0 Å². The van der Waals surface area contributed by atoms with Crippen molar-refractivity contribution in [1.82, 2.24) is 9.78 Å². The van der Waals surface area contributed by atoms with E-state index in [2.05, 4.69) is 5.10 Å². The Balaban J connectivity index is 1.27. The Morgan fingerprint density at radius 3 is 2.08 bits per heavy atom. The van der Waals surface area contributed by atoms with Crippen molar-refractivity contribution in [1.29, 1.82) is 0 Å².